The van der Waals surface area contributed by atoms with Crippen molar-refractivity contribution in [3.8, 4) is 0 Å². The zero-order valence-corrected chi connectivity index (χ0v) is 6.14. The van der Waals surface area contributed by atoms with Crippen LogP contribution in [0, 0.1) is 0 Å². The van der Waals surface area contributed by atoms with E-state index in [4.69, 9.17) is 0 Å². The second-order valence-corrected chi connectivity index (χ2v) is 2.17. The molecule has 10 heavy (non-hydrogen) atoms. The van der Waals surface area contributed by atoms with Gasteiger partial charge in [0.25, 0.3) is 0 Å². The van der Waals surface area contributed by atoms with Gasteiger partial charge in [-0.05, 0) is 6.42 Å². The number of hydrogen-bond acceptors (Lipinski definition) is 2. The first-order chi connectivity index (χ1) is 4.75. The van der Waals surface area contributed by atoms with Gasteiger partial charge in [-0.3, -0.25) is 9.89 Å². The van der Waals surface area contributed by atoms with Crippen LogP contribution in [-0.2, 0) is 6.42 Å². The minimum absolute atomic E-state index is 0.0260. The maximum Gasteiger partial charge on any atom is 0.180 e. The number of rotatable bonds is 2. The van der Waals surface area contributed by atoms with Crippen LogP contribution < -0.4 is 0 Å². The normalized spacial score (nSPS) is 9.80. The molecular weight excluding hydrogens is 128 g/mol. The van der Waals surface area contributed by atoms with Crippen molar-refractivity contribution < 1.29 is 4.79 Å². The SMILES string of the molecule is CCc1c[nH]nc1C(C)=O. The highest BCUT2D eigenvalue weighted by atomic mass is 16.1. The molecule has 0 fully saturated rings. The third-order valence-corrected chi connectivity index (χ3v) is 1.43. The number of carbonyl (C=O) groups excluding carboxylic acids is 1. The van der Waals surface area contributed by atoms with Crippen molar-refractivity contribution in [1.82, 2.24) is 10.2 Å². The molecular formula is C7H10N2O. The molecule has 0 aliphatic carbocycles. The number of aryl methyl sites for hydroxylation is 1. The molecule has 3 heteroatoms. The summed E-state index contributed by atoms with van der Waals surface area (Å²) in [6.07, 6.45) is 2.61. The van der Waals surface area contributed by atoms with Crippen molar-refractivity contribution in [2.24, 2.45) is 0 Å². The van der Waals surface area contributed by atoms with Gasteiger partial charge in [-0.2, -0.15) is 5.10 Å². The van der Waals surface area contributed by atoms with E-state index in [2.05, 4.69) is 10.2 Å². The molecule has 0 bridgehead atoms. The lowest BCUT2D eigenvalue weighted by Crippen LogP contribution is -1.96. The molecule has 0 aliphatic heterocycles. The molecule has 0 spiro atoms. The van der Waals surface area contributed by atoms with Crippen molar-refractivity contribution in [3.63, 3.8) is 0 Å². The van der Waals surface area contributed by atoms with E-state index >= 15 is 0 Å². The fourth-order valence-corrected chi connectivity index (χ4v) is 0.889. The van der Waals surface area contributed by atoms with E-state index in [1.54, 1.807) is 6.20 Å². The van der Waals surface area contributed by atoms with Gasteiger partial charge in [0.05, 0.1) is 0 Å². The summed E-state index contributed by atoms with van der Waals surface area (Å²) in [4.78, 5) is 10.8. The van der Waals surface area contributed by atoms with E-state index in [-0.39, 0.29) is 5.78 Å². The largest absolute Gasteiger partial charge is 0.293 e. The third-order valence-electron chi connectivity index (χ3n) is 1.43. The average Bonchev–Trinajstić information content (AvgIpc) is 2.33. The topological polar surface area (TPSA) is 45.8 Å². The Morgan fingerprint density at radius 2 is 2.50 bits per heavy atom. The van der Waals surface area contributed by atoms with Gasteiger partial charge in [0.2, 0.25) is 0 Å². The fourth-order valence-electron chi connectivity index (χ4n) is 0.889. The van der Waals surface area contributed by atoms with Crippen molar-refractivity contribution in [2.75, 3.05) is 0 Å². The number of ketones is 1. The number of nitrogens with zero attached hydrogens (tertiary/aromatic N) is 1. The second kappa shape index (κ2) is 2.64. The zero-order chi connectivity index (χ0) is 7.56. The predicted molar refractivity (Wildman–Crippen MR) is 38.0 cm³/mol. The minimum Gasteiger partial charge on any atom is -0.293 e. The predicted octanol–water partition coefficient (Wildman–Crippen LogP) is 1.17. The maximum atomic E-state index is 10.8. The van der Waals surface area contributed by atoms with Gasteiger partial charge in [0.1, 0.15) is 5.69 Å². The van der Waals surface area contributed by atoms with Crippen LogP contribution >= 0.6 is 0 Å². The number of Topliss-reactive ketones (excluding diaryl/α,β-unsaturated/α-hetero) is 1. The quantitative estimate of drug-likeness (QED) is 0.623. The number of nitrogens with one attached hydrogen (secondary N) is 1. The minimum atomic E-state index is 0.0260. The summed E-state index contributed by atoms with van der Waals surface area (Å²) < 4.78 is 0. The van der Waals surface area contributed by atoms with E-state index in [1.165, 1.54) is 6.92 Å². The highest BCUT2D eigenvalue weighted by Gasteiger charge is 2.06. The molecule has 1 heterocycles. The molecule has 1 aromatic rings. The zero-order valence-electron chi connectivity index (χ0n) is 6.14. The second-order valence-electron chi connectivity index (χ2n) is 2.17. The highest BCUT2D eigenvalue weighted by Crippen LogP contribution is 2.04. The van der Waals surface area contributed by atoms with Gasteiger partial charge in [-0.25, -0.2) is 0 Å². The summed E-state index contributed by atoms with van der Waals surface area (Å²) >= 11 is 0. The smallest absolute Gasteiger partial charge is 0.180 e. The molecule has 0 saturated carbocycles. The lowest BCUT2D eigenvalue weighted by atomic mass is 10.1. The Hall–Kier alpha value is -1.12. The Kier molecular flexibility index (Phi) is 1.85. The Morgan fingerprint density at radius 1 is 1.80 bits per heavy atom. The van der Waals surface area contributed by atoms with Crippen LogP contribution in [0.4, 0.5) is 0 Å². The molecule has 0 radical (unpaired) electrons. The maximum absolute atomic E-state index is 10.8. The monoisotopic (exact) mass is 138 g/mol. The van der Waals surface area contributed by atoms with Crippen LogP contribution in [0.1, 0.15) is 29.9 Å². The number of aromatic amines is 1. The lowest BCUT2D eigenvalue weighted by molar-refractivity contribution is 0.101. The van der Waals surface area contributed by atoms with E-state index in [1.807, 2.05) is 6.92 Å². The summed E-state index contributed by atoms with van der Waals surface area (Å²) in [5.74, 6) is 0.0260. The van der Waals surface area contributed by atoms with Gasteiger partial charge < -0.3 is 0 Å². The van der Waals surface area contributed by atoms with E-state index < -0.39 is 0 Å². The van der Waals surface area contributed by atoms with Crippen LogP contribution in [0.3, 0.4) is 0 Å². The van der Waals surface area contributed by atoms with E-state index in [0.29, 0.717) is 5.69 Å². The Balaban J connectivity index is 3.01. The lowest BCUT2D eigenvalue weighted by Gasteiger charge is -1.90. The molecule has 0 aromatic carbocycles. The molecule has 1 aromatic heterocycles. The Morgan fingerprint density at radius 3 is 2.90 bits per heavy atom. The molecule has 54 valence electrons. The van der Waals surface area contributed by atoms with Crippen LogP contribution in [0.2, 0.25) is 0 Å². The van der Waals surface area contributed by atoms with Crippen molar-refractivity contribution in [3.05, 3.63) is 17.5 Å². The first-order valence-electron chi connectivity index (χ1n) is 3.29. The summed E-state index contributed by atoms with van der Waals surface area (Å²) in [6.45, 7) is 3.52. The summed E-state index contributed by atoms with van der Waals surface area (Å²) in [5.41, 5.74) is 1.56. The fraction of sp³-hybridized carbons (Fsp3) is 0.429. The van der Waals surface area contributed by atoms with Crippen molar-refractivity contribution in [1.29, 1.82) is 0 Å². The summed E-state index contributed by atoms with van der Waals surface area (Å²) in [6, 6.07) is 0. The van der Waals surface area contributed by atoms with Gasteiger partial charge in [0.15, 0.2) is 5.78 Å². The van der Waals surface area contributed by atoms with Crippen LogP contribution in [0.15, 0.2) is 6.20 Å². The third kappa shape index (κ3) is 1.07. The van der Waals surface area contributed by atoms with Gasteiger partial charge >= 0.3 is 0 Å². The Labute approximate surface area is 59.4 Å². The van der Waals surface area contributed by atoms with Crippen LogP contribution in [0.25, 0.3) is 0 Å². The van der Waals surface area contributed by atoms with Crippen molar-refractivity contribution >= 4 is 5.78 Å². The van der Waals surface area contributed by atoms with Crippen LogP contribution in [-0.4, -0.2) is 16.0 Å². The van der Waals surface area contributed by atoms with E-state index in [0.717, 1.165) is 12.0 Å². The van der Waals surface area contributed by atoms with Gasteiger partial charge in [-0.15, -0.1) is 0 Å². The molecule has 0 aliphatic rings. The molecule has 1 N–H and O–H groups in total. The first kappa shape index (κ1) is 6.99. The molecule has 0 atom stereocenters. The molecule has 3 nitrogen and oxygen atoms in total. The highest BCUT2D eigenvalue weighted by molar-refractivity contribution is 5.93. The number of H-pyrrole nitrogens is 1. The molecule has 0 saturated heterocycles. The summed E-state index contributed by atoms with van der Waals surface area (Å²) in [5, 5.41) is 6.47. The average molecular weight is 138 g/mol. The summed E-state index contributed by atoms with van der Waals surface area (Å²) in [7, 11) is 0. The molecule has 0 unspecified atom stereocenters. The van der Waals surface area contributed by atoms with Crippen LogP contribution in [0.5, 0.6) is 0 Å². The number of aromatic nitrogens is 2. The molecule has 1 rings (SSSR count). The van der Waals surface area contributed by atoms with E-state index in [9.17, 15) is 4.79 Å². The first-order valence-corrected chi connectivity index (χ1v) is 3.29. The van der Waals surface area contributed by atoms with Gasteiger partial charge in [-0.1, -0.05) is 6.92 Å². The van der Waals surface area contributed by atoms with Crippen molar-refractivity contribution in [2.45, 2.75) is 20.3 Å². The number of hydrogen-bond donors (Lipinski definition) is 1. The van der Waals surface area contributed by atoms with Gasteiger partial charge in [0, 0.05) is 18.7 Å². The molecule has 0 amide bonds. The number of carbonyl (C=O) groups is 1. The Bertz CT molecular complexity index is 240. The standard InChI is InChI=1S/C7H10N2O/c1-3-6-4-8-9-7(6)5(2)10/h4H,3H2,1-2H3,(H,8,9).